The fourth-order valence-electron chi connectivity index (χ4n) is 0.599. The quantitative estimate of drug-likeness (QED) is 0.669. The van der Waals surface area contributed by atoms with Gasteiger partial charge in [-0.1, -0.05) is 27.5 Å². The van der Waals surface area contributed by atoms with Crippen molar-refractivity contribution in [3.05, 3.63) is 28.0 Å². The first-order valence-corrected chi connectivity index (χ1v) is 5.31. The van der Waals surface area contributed by atoms with E-state index >= 15 is 0 Å². The van der Waals surface area contributed by atoms with Gasteiger partial charge in [0.2, 0.25) is 0 Å². The van der Waals surface area contributed by atoms with Crippen molar-refractivity contribution in [3.8, 4) is 0 Å². The molecule has 0 unspecified atom stereocenters. The van der Waals surface area contributed by atoms with Crippen molar-refractivity contribution < 1.29 is 9.53 Å². The molecule has 1 aromatic rings. The highest BCUT2D eigenvalue weighted by Gasteiger charge is 1.92. The molecule has 0 aliphatic rings. The number of pyridine rings is 1. The number of halogens is 2. The second-order valence-electron chi connectivity index (χ2n) is 2.41. The molecule has 0 spiro atoms. The Hall–Kier alpha value is -0.650. The van der Waals surface area contributed by atoms with Gasteiger partial charge in [-0.25, -0.2) is 4.98 Å². The number of methoxy groups -OCH3 is 1. The molecular formula is C9H12BrClN2O2. The van der Waals surface area contributed by atoms with E-state index in [0.29, 0.717) is 18.1 Å². The summed E-state index contributed by atoms with van der Waals surface area (Å²) in [6.45, 7) is 0.368. The van der Waals surface area contributed by atoms with Crippen LogP contribution in [0.5, 0.6) is 0 Å². The molecule has 1 heterocycles. The van der Waals surface area contributed by atoms with Crippen molar-refractivity contribution in [1.29, 1.82) is 0 Å². The highest BCUT2D eigenvalue weighted by Crippen LogP contribution is 2.11. The molecule has 15 heavy (non-hydrogen) atoms. The van der Waals surface area contributed by atoms with Gasteiger partial charge in [0.25, 0.3) is 0 Å². The van der Waals surface area contributed by atoms with Gasteiger partial charge in [-0.2, -0.15) is 0 Å². The average Bonchev–Trinajstić information content (AvgIpc) is 2.18. The molecule has 4 nitrogen and oxygen atoms in total. The number of rotatable bonds is 2. The number of hydrogen-bond donors (Lipinski definition) is 1. The Balaban J connectivity index is 0.000000265. The second kappa shape index (κ2) is 8.64. The zero-order valence-electron chi connectivity index (χ0n) is 8.24. The van der Waals surface area contributed by atoms with Crippen LogP contribution >= 0.6 is 27.5 Å². The Morgan fingerprint density at radius 2 is 2.40 bits per heavy atom. The van der Waals surface area contributed by atoms with Crippen molar-refractivity contribution in [2.24, 2.45) is 5.73 Å². The summed E-state index contributed by atoms with van der Waals surface area (Å²) in [5.74, 6) is -0.248. The molecule has 0 bridgehead atoms. The summed E-state index contributed by atoms with van der Waals surface area (Å²) in [5.41, 5.74) is 5.00. The lowest BCUT2D eigenvalue weighted by Gasteiger charge is -1.91. The standard InChI is InChI=1S/C5H3BrClN.C4H9NO2/c6-4-1-2-8-5(7)3-4;1-7-4(6)2-3-5/h1-3H;2-3,5H2,1H3. The van der Waals surface area contributed by atoms with Gasteiger partial charge in [-0.3, -0.25) is 4.79 Å². The number of esters is 1. The van der Waals surface area contributed by atoms with Gasteiger partial charge in [0.05, 0.1) is 13.5 Å². The molecule has 0 aliphatic heterocycles. The first kappa shape index (κ1) is 14.3. The third kappa shape index (κ3) is 8.35. The van der Waals surface area contributed by atoms with E-state index in [1.165, 1.54) is 7.11 Å². The van der Waals surface area contributed by atoms with Crippen LogP contribution in [0.15, 0.2) is 22.8 Å². The summed E-state index contributed by atoms with van der Waals surface area (Å²) in [6, 6.07) is 3.56. The lowest BCUT2D eigenvalue weighted by Crippen LogP contribution is -2.08. The van der Waals surface area contributed by atoms with Gasteiger partial charge in [-0.15, -0.1) is 0 Å². The largest absolute Gasteiger partial charge is 0.469 e. The Kier molecular flexibility index (Phi) is 8.27. The zero-order valence-corrected chi connectivity index (χ0v) is 10.6. The smallest absolute Gasteiger partial charge is 0.306 e. The highest BCUT2D eigenvalue weighted by molar-refractivity contribution is 9.10. The van der Waals surface area contributed by atoms with Gasteiger partial charge >= 0.3 is 5.97 Å². The lowest BCUT2D eigenvalue weighted by molar-refractivity contribution is -0.140. The van der Waals surface area contributed by atoms with E-state index in [2.05, 4.69) is 25.7 Å². The molecule has 1 rings (SSSR count). The van der Waals surface area contributed by atoms with Crippen LogP contribution in [0.4, 0.5) is 0 Å². The zero-order chi connectivity index (χ0) is 11.7. The Morgan fingerprint density at radius 3 is 2.67 bits per heavy atom. The van der Waals surface area contributed by atoms with E-state index < -0.39 is 0 Å². The van der Waals surface area contributed by atoms with E-state index in [0.717, 1.165) is 4.47 Å². The molecule has 0 aliphatic carbocycles. The fourth-order valence-corrected chi connectivity index (χ4v) is 1.24. The Bertz CT molecular complexity index is 293. The fraction of sp³-hybridized carbons (Fsp3) is 0.333. The lowest BCUT2D eigenvalue weighted by atomic mass is 10.4. The van der Waals surface area contributed by atoms with Crippen LogP contribution in [0.3, 0.4) is 0 Å². The molecule has 0 radical (unpaired) electrons. The van der Waals surface area contributed by atoms with Crippen LogP contribution in [0.2, 0.25) is 5.15 Å². The van der Waals surface area contributed by atoms with Gasteiger partial charge < -0.3 is 10.5 Å². The number of aromatic nitrogens is 1. The molecule has 1 aromatic heterocycles. The molecular weight excluding hydrogens is 283 g/mol. The van der Waals surface area contributed by atoms with Crippen molar-refractivity contribution >= 4 is 33.5 Å². The van der Waals surface area contributed by atoms with Crippen molar-refractivity contribution in [1.82, 2.24) is 4.98 Å². The number of carbonyl (C=O) groups is 1. The molecule has 0 fully saturated rings. The predicted octanol–water partition coefficient (Wildman–Crippen LogP) is 2.01. The monoisotopic (exact) mass is 294 g/mol. The molecule has 0 saturated carbocycles. The molecule has 0 amide bonds. The summed E-state index contributed by atoms with van der Waals surface area (Å²) in [7, 11) is 1.35. The van der Waals surface area contributed by atoms with Crippen molar-refractivity contribution in [3.63, 3.8) is 0 Å². The third-order valence-electron chi connectivity index (χ3n) is 1.26. The van der Waals surface area contributed by atoms with Crippen LogP contribution in [0, 0.1) is 0 Å². The maximum absolute atomic E-state index is 10.1. The van der Waals surface area contributed by atoms with E-state index in [1.807, 2.05) is 6.07 Å². The number of ether oxygens (including phenoxy) is 1. The SMILES string of the molecule is COC(=O)CCN.Clc1cc(Br)ccn1. The van der Waals surface area contributed by atoms with Crippen LogP contribution in [0.1, 0.15) is 6.42 Å². The van der Waals surface area contributed by atoms with Gasteiger partial charge in [0, 0.05) is 17.2 Å². The average molecular weight is 296 g/mol. The van der Waals surface area contributed by atoms with Crippen LogP contribution in [-0.4, -0.2) is 24.6 Å². The molecule has 2 N–H and O–H groups in total. The van der Waals surface area contributed by atoms with Crippen LogP contribution < -0.4 is 5.73 Å². The minimum atomic E-state index is -0.248. The van der Waals surface area contributed by atoms with Gasteiger partial charge in [0.1, 0.15) is 5.15 Å². The normalized spacial score (nSPS) is 8.80. The molecule has 0 atom stereocenters. The first-order chi connectivity index (χ1) is 7.10. The van der Waals surface area contributed by atoms with Gasteiger partial charge in [-0.05, 0) is 12.1 Å². The Labute approximate surface area is 102 Å². The number of hydrogen-bond acceptors (Lipinski definition) is 4. The van der Waals surface area contributed by atoms with E-state index in [1.54, 1.807) is 12.3 Å². The predicted molar refractivity (Wildman–Crippen MR) is 62.6 cm³/mol. The minimum Gasteiger partial charge on any atom is -0.469 e. The highest BCUT2D eigenvalue weighted by atomic mass is 79.9. The molecule has 6 heteroatoms. The van der Waals surface area contributed by atoms with Crippen molar-refractivity contribution in [2.75, 3.05) is 13.7 Å². The topological polar surface area (TPSA) is 65.2 Å². The number of nitrogens with two attached hydrogens (primary N) is 1. The summed E-state index contributed by atoms with van der Waals surface area (Å²) < 4.78 is 5.23. The minimum absolute atomic E-state index is 0.248. The van der Waals surface area contributed by atoms with E-state index in [4.69, 9.17) is 17.3 Å². The molecule has 84 valence electrons. The summed E-state index contributed by atoms with van der Waals surface area (Å²) in [4.78, 5) is 13.9. The first-order valence-electron chi connectivity index (χ1n) is 4.14. The Morgan fingerprint density at radius 1 is 1.73 bits per heavy atom. The second-order valence-corrected chi connectivity index (χ2v) is 3.71. The number of carbonyl (C=O) groups excluding carboxylic acids is 1. The summed E-state index contributed by atoms with van der Waals surface area (Å²) >= 11 is 8.74. The maximum atomic E-state index is 10.1. The van der Waals surface area contributed by atoms with Crippen LogP contribution in [0.25, 0.3) is 0 Å². The van der Waals surface area contributed by atoms with Crippen molar-refractivity contribution in [2.45, 2.75) is 6.42 Å². The molecule has 0 saturated heterocycles. The maximum Gasteiger partial charge on any atom is 0.306 e. The number of nitrogens with zero attached hydrogens (tertiary/aromatic N) is 1. The summed E-state index contributed by atoms with van der Waals surface area (Å²) in [6.07, 6.45) is 1.96. The van der Waals surface area contributed by atoms with Crippen LogP contribution in [-0.2, 0) is 9.53 Å². The van der Waals surface area contributed by atoms with E-state index in [9.17, 15) is 4.79 Å². The molecule has 0 aromatic carbocycles. The third-order valence-corrected chi connectivity index (χ3v) is 1.96. The summed E-state index contributed by atoms with van der Waals surface area (Å²) in [5, 5.41) is 0.513. The van der Waals surface area contributed by atoms with Gasteiger partial charge in [0.15, 0.2) is 0 Å². The van der Waals surface area contributed by atoms with E-state index in [-0.39, 0.29) is 5.97 Å².